The average Bonchev–Trinajstić information content (AvgIpc) is 2.99. The van der Waals surface area contributed by atoms with Gasteiger partial charge in [-0.3, -0.25) is 0 Å². The molecule has 0 aliphatic heterocycles. The third kappa shape index (κ3) is 7.05. The van der Waals surface area contributed by atoms with E-state index in [1.165, 1.54) is 36.4 Å². The molecule has 1 atom stereocenters. The number of allylic oxidation sites excluding steroid dienone is 2. The second-order valence-corrected chi connectivity index (χ2v) is 10.3. The first-order valence-electron chi connectivity index (χ1n) is 14.3. The van der Waals surface area contributed by atoms with E-state index in [2.05, 4.69) is 0 Å². The van der Waals surface area contributed by atoms with Crippen LogP contribution >= 0.6 is 0 Å². The Hall–Kier alpha value is -3.62. The van der Waals surface area contributed by atoms with E-state index in [1.54, 1.807) is 6.08 Å². The number of benzene rings is 3. The largest absolute Gasteiger partial charge is 0.490 e. The summed E-state index contributed by atoms with van der Waals surface area (Å²) in [6.07, 6.45) is 6.18. The quantitative estimate of drug-likeness (QED) is 0.146. The first kappa shape index (κ1) is 31.3. The molecule has 0 heterocycles. The molecule has 0 radical (unpaired) electrons. The van der Waals surface area contributed by atoms with E-state index >= 15 is 8.78 Å². The van der Waals surface area contributed by atoms with Crippen molar-refractivity contribution in [2.45, 2.75) is 58.8 Å². The Labute approximate surface area is 242 Å². The number of hydrogen-bond donors (Lipinski definition) is 0. The lowest BCUT2D eigenvalue weighted by molar-refractivity contribution is 0.225. The van der Waals surface area contributed by atoms with Crippen LogP contribution in [0.4, 0.5) is 26.3 Å². The molecule has 1 aliphatic rings. The molecule has 226 valence electrons. The normalized spacial score (nSPS) is 15.0. The van der Waals surface area contributed by atoms with E-state index in [1.807, 2.05) is 13.8 Å². The van der Waals surface area contributed by atoms with Crippen molar-refractivity contribution in [3.05, 3.63) is 82.9 Å². The molecule has 3 aromatic rings. The van der Waals surface area contributed by atoms with Crippen LogP contribution in [0.25, 0.3) is 16.7 Å². The summed E-state index contributed by atoms with van der Waals surface area (Å²) < 4.78 is 104. The van der Waals surface area contributed by atoms with Crippen molar-refractivity contribution < 1.29 is 40.6 Å². The Bertz CT molecular complexity index is 1420. The highest BCUT2D eigenvalue weighted by Crippen LogP contribution is 2.37. The molecule has 0 bridgehead atoms. The maximum absolute atomic E-state index is 15.2. The fourth-order valence-corrected chi connectivity index (χ4v) is 4.74. The standard InChI is InChI=1S/C33H34F6O3/c1-3-5-17-40-25-14-13-24(30(36)31(25)37)23-12-11-22(28(34)29(23)35)21-9-7-20(8-10-21)19-42-27-16-15-26(32(38)33(27)39)41-18-6-4-2/h9,11-16,20H,3-8,10,17-19H2,1-2H3. The first-order chi connectivity index (χ1) is 20.3. The highest BCUT2D eigenvalue weighted by atomic mass is 19.2. The molecule has 0 N–H and O–H groups in total. The molecule has 0 saturated heterocycles. The molecule has 3 nitrogen and oxygen atoms in total. The molecule has 4 rings (SSSR count). The molecule has 1 aliphatic carbocycles. The van der Waals surface area contributed by atoms with Gasteiger partial charge in [0, 0.05) is 16.7 Å². The lowest BCUT2D eigenvalue weighted by atomic mass is 9.86. The smallest absolute Gasteiger partial charge is 0.204 e. The minimum absolute atomic E-state index is 0.0304. The van der Waals surface area contributed by atoms with Gasteiger partial charge in [0.2, 0.25) is 17.5 Å². The van der Waals surface area contributed by atoms with Crippen LogP contribution in [0.15, 0.2) is 42.5 Å². The minimum Gasteiger partial charge on any atom is -0.490 e. The number of hydrogen-bond acceptors (Lipinski definition) is 3. The topological polar surface area (TPSA) is 27.7 Å². The second kappa shape index (κ2) is 14.5. The lowest BCUT2D eigenvalue weighted by Gasteiger charge is -2.23. The zero-order valence-electron chi connectivity index (χ0n) is 23.7. The van der Waals surface area contributed by atoms with Crippen LogP contribution in [0.5, 0.6) is 17.2 Å². The Balaban J connectivity index is 1.41. The summed E-state index contributed by atoms with van der Waals surface area (Å²) in [4.78, 5) is 0. The van der Waals surface area contributed by atoms with Crippen LogP contribution in [0.3, 0.4) is 0 Å². The van der Waals surface area contributed by atoms with Gasteiger partial charge in [0.25, 0.3) is 0 Å². The summed E-state index contributed by atoms with van der Waals surface area (Å²) in [7, 11) is 0. The summed E-state index contributed by atoms with van der Waals surface area (Å²) in [5.74, 6) is -7.96. The van der Waals surface area contributed by atoms with Gasteiger partial charge in [0.1, 0.15) is 0 Å². The van der Waals surface area contributed by atoms with Crippen LogP contribution in [-0.2, 0) is 0 Å². The third-order valence-electron chi connectivity index (χ3n) is 7.28. The molecule has 1 unspecified atom stereocenters. The number of rotatable bonds is 13. The fraction of sp³-hybridized carbons (Fsp3) is 0.394. The molecular weight excluding hydrogens is 558 g/mol. The van der Waals surface area contributed by atoms with E-state index in [0.29, 0.717) is 31.3 Å². The predicted molar refractivity (Wildman–Crippen MR) is 150 cm³/mol. The van der Waals surface area contributed by atoms with Gasteiger partial charge in [-0.2, -0.15) is 13.2 Å². The number of halogens is 6. The summed E-state index contributed by atoms with van der Waals surface area (Å²) in [6, 6.07) is 7.61. The molecular formula is C33H34F6O3. The molecule has 0 aromatic heterocycles. The van der Waals surface area contributed by atoms with Crippen molar-refractivity contribution in [2.24, 2.45) is 5.92 Å². The SMILES string of the molecule is CCCCOc1ccc(OCC2CC=C(c3ccc(-c4ccc(OCCCC)c(F)c4F)c(F)c3F)CC2)c(F)c1F. The summed E-state index contributed by atoms with van der Waals surface area (Å²) in [5.41, 5.74) is -0.210. The van der Waals surface area contributed by atoms with E-state index < -0.39 is 46.0 Å². The molecule has 0 amide bonds. The molecule has 42 heavy (non-hydrogen) atoms. The highest BCUT2D eigenvalue weighted by Gasteiger charge is 2.25. The van der Waals surface area contributed by atoms with Gasteiger partial charge in [0.05, 0.1) is 19.8 Å². The number of ether oxygens (including phenoxy) is 3. The molecule has 0 spiro atoms. The Kier molecular flexibility index (Phi) is 10.8. The first-order valence-corrected chi connectivity index (χ1v) is 14.3. The van der Waals surface area contributed by atoms with Gasteiger partial charge in [-0.25, -0.2) is 13.2 Å². The van der Waals surface area contributed by atoms with Crippen LogP contribution in [-0.4, -0.2) is 19.8 Å². The zero-order valence-corrected chi connectivity index (χ0v) is 23.7. The van der Waals surface area contributed by atoms with Crippen molar-refractivity contribution >= 4 is 5.57 Å². The van der Waals surface area contributed by atoms with Crippen LogP contribution in [0, 0.1) is 40.8 Å². The van der Waals surface area contributed by atoms with Crippen molar-refractivity contribution in [3.8, 4) is 28.4 Å². The Morgan fingerprint density at radius 3 is 1.60 bits per heavy atom. The average molecular weight is 593 g/mol. The summed E-state index contributed by atoms with van der Waals surface area (Å²) in [5, 5.41) is 0. The monoisotopic (exact) mass is 592 g/mol. The molecule has 0 saturated carbocycles. The van der Waals surface area contributed by atoms with Crippen molar-refractivity contribution in [1.29, 1.82) is 0 Å². The third-order valence-corrected chi connectivity index (χ3v) is 7.28. The Morgan fingerprint density at radius 1 is 0.595 bits per heavy atom. The molecule has 9 heteroatoms. The van der Waals surface area contributed by atoms with Crippen molar-refractivity contribution in [1.82, 2.24) is 0 Å². The van der Waals surface area contributed by atoms with Gasteiger partial charge < -0.3 is 14.2 Å². The Morgan fingerprint density at radius 2 is 1.05 bits per heavy atom. The van der Waals surface area contributed by atoms with E-state index in [9.17, 15) is 17.6 Å². The van der Waals surface area contributed by atoms with Crippen LogP contribution < -0.4 is 14.2 Å². The molecule has 0 fully saturated rings. The van der Waals surface area contributed by atoms with Crippen molar-refractivity contribution in [3.63, 3.8) is 0 Å². The van der Waals surface area contributed by atoms with Gasteiger partial charge >= 0.3 is 0 Å². The van der Waals surface area contributed by atoms with Gasteiger partial charge in [-0.15, -0.1) is 0 Å². The van der Waals surface area contributed by atoms with Crippen LogP contribution in [0.2, 0.25) is 0 Å². The van der Waals surface area contributed by atoms with Gasteiger partial charge in [-0.05, 0) is 67.9 Å². The van der Waals surface area contributed by atoms with Crippen molar-refractivity contribution in [2.75, 3.05) is 19.8 Å². The lowest BCUT2D eigenvalue weighted by Crippen LogP contribution is -2.16. The van der Waals surface area contributed by atoms with E-state index in [4.69, 9.17) is 14.2 Å². The van der Waals surface area contributed by atoms with Crippen LogP contribution in [0.1, 0.15) is 64.4 Å². The maximum atomic E-state index is 15.2. The molecule has 3 aromatic carbocycles. The fourth-order valence-electron chi connectivity index (χ4n) is 4.74. The second-order valence-electron chi connectivity index (χ2n) is 10.3. The summed E-state index contributed by atoms with van der Waals surface area (Å²) >= 11 is 0. The summed E-state index contributed by atoms with van der Waals surface area (Å²) in [6.45, 7) is 4.49. The van der Waals surface area contributed by atoms with E-state index in [-0.39, 0.29) is 48.6 Å². The number of unbranched alkanes of at least 4 members (excludes halogenated alkanes) is 2. The zero-order chi connectivity index (χ0) is 30.2. The van der Waals surface area contributed by atoms with Gasteiger partial charge in [-0.1, -0.05) is 44.9 Å². The minimum atomic E-state index is -1.32. The predicted octanol–water partition coefficient (Wildman–Crippen LogP) is 9.81. The van der Waals surface area contributed by atoms with Gasteiger partial charge in [0.15, 0.2) is 34.7 Å². The highest BCUT2D eigenvalue weighted by molar-refractivity contribution is 5.72. The maximum Gasteiger partial charge on any atom is 0.204 e. The van der Waals surface area contributed by atoms with E-state index in [0.717, 1.165) is 19.3 Å².